The molecule has 4 nitrogen and oxygen atoms in total. The maximum atomic E-state index is 14.2. The van der Waals surface area contributed by atoms with E-state index in [1.807, 2.05) is 13.0 Å². The van der Waals surface area contributed by atoms with Crippen LogP contribution in [0.25, 0.3) is 0 Å². The molecular weight excluding hydrogens is 424 g/mol. The normalized spacial score (nSPS) is 54.1. The van der Waals surface area contributed by atoms with Crippen molar-refractivity contribution in [1.29, 1.82) is 0 Å². The Morgan fingerprint density at radius 2 is 1.56 bits per heavy atom. The molecular formula is C30H46O4. The Morgan fingerprint density at radius 1 is 0.912 bits per heavy atom. The first-order chi connectivity index (χ1) is 15.6. The summed E-state index contributed by atoms with van der Waals surface area (Å²) in [7, 11) is 0. The molecule has 5 rings (SSSR count). The summed E-state index contributed by atoms with van der Waals surface area (Å²) in [6.45, 7) is 15.8. The number of aliphatic hydroxyl groups excluding tert-OH is 1. The number of allylic oxidation sites excluding steroid dienone is 2. The maximum Gasteiger partial charge on any atom is 0.309 e. The first-order valence-electron chi connectivity index (χ1n) is 13.7. The Morgan fingerprint density at radius 3 is 2.21 bits per heavy atom. The number of rotatable bonds is 1. The van der Waals surface area contributed by atoms with Gasteiger partial charge >= 0.3 is 5.97 Å². The monoisotopic (exact) mass is 470 g/mol. The highest BCUT2D eigenvalue weighted by atomic mass is 16.4. The van der Waals surface area contributed by atoms with Crippen LogP contribution < -0.4 is 0 Å². The summed E-state index contributed by atoms with van der Waals surface area (Å²) in [6, 6.07) is 0. The fourth-order valence-corrected chi connectivity index (χ4v) is 10.4. The third kappa shape index (κ3) is 2.81. The minimum Gasteiger partial charge on any atom is -0.481 e. The molecule has 4 fully saturated rings. The Hall–Kier alpha value is -1.16. The van der Waals surface area contributed by atoms with Gasteiger partial charge in [0.15, 0.2) is 5.78 Å². The van der Waals surface area contributed by atoms with Crippen LogP contribution in [0.5, 0.6) is 0 Å². The van der Waals surface area contributed by atoms with Crippen molar-refractivity contribution in [2.24, 2.45) is 50.2 Å². The number of aliphatic carboxylic acids is 1. The highest BCUT2D eigenvalue weighted by Gasteiger charge is 2.70. The molecule has 0 saturated heterocycles. The van der Waals surface area contributed by atoms with E-state index in [2.05, 4.69) is 41.5 Å². The van der Waals surface area contributed by atoms with Crippen molar-refractivity contribution < 1.29 is 19.8 Å². The molecule has 0 spiro atoms. The first kappa shape index (κ1) is 24.5. The van der Waals surface area contributed by atoms with E-state index < -0.39 is 11.4 Å². The molecule has 0 amide bonds. The van der Waals surface area contributed by atoms with Crippen LogP contribution in [-0.4, -0.2) is 28.1 Å². The zero-order valence-electron chi connectivity index (χ0n) is 22.5. The standard InChI is InChI=1S/C30H46O4/c1-25(2)21-8-11-30(7)23(28(21,5)10-9-22(25)32)20(31)16-18-19-17-27(4,24(33)34)13-12-26(19,3)14-15-29(18,30)6/h16,19,21-23,32H,8-15,17H2,1-7H3,(H,33,34)/t19-,21-,22+,23+,26-,27+,28+,29-,30-/m1/s1. The van der Waals surface area contributed by atoms with Crippen molar-refractivity contribution in [3.05, 3.63) is 11.6 Å². The molecule has 0 unspecified atom stereocenters. The van der Waals surface area contributed by atoms with Crippen molar-refractivity contribution in [3.8, 4) is 0 Å². The molecule has 0 aliphatic heterocycles. The van der Waals surface area contributed by atoms with Crippen molar-refractivity contribution in [1.82, 2.24) is 0 Å². The molecule has 4 saturated carbocycles. The topological polar surface area (TPSA) is 74.6 Å². The molecule has 0 aromatic rings. The molecule has 9 atom stereocenters. The second kappa shape index (κ2) is 6.99. The van der Waals surface area contributed by atoms with E-state index >= 15 is 0 Å². The Kier molecular flexibility index (Phi) is 5.04. The van der Waals surface area contributed by atoms with E-state index in [0.29, 0.717) is 12.3 Å². The number of fused-ring (bicyclic) bond motifs is 7. The van der Waals surface area contributed by atoms with Gasteiger partial charge in [-0.1, -0.05) is 47.1 Å². The van der Waals surface area contributed by atoms with Gasteiger partial charge in [0.25, 0.3) is 0 Å². The van der Waals surface area contributed by atoms with Gasteiger partial charge in [0, 0.05) is 5.92 Å². The predicted octanol–water partition coefficient (Wildman–Crippen LogP) is 6.41. The highest BCUT2D eigenvalue weighted by Crippen LogP contribution is 2.75. The lowest BCUT2D eigenvalue weighted by atomic mass is 9.33. The molecule has 5 aliphatic rings. The molecule has 190 valence electrons. The lowest BCUT2D eigenvalue weighted by Gasteiger charge is -2.70. The largest absolute Gasteiger partial charge is 0.481 e. The summed E-state index contributed by atoms with van der Waals surface area (Å²) in [4.78, 5) is 26.4. The van der Waals surface area contributed by atoms with Gasteiger partial charge in [0.1, 0.15) is 0 Å². The van der Waals surface area contributed by atoms with E-state index in [1.54, 1.807) is 0 Å². The highest BCUT2D eigenvalue weighted by molar-refractivity contribution is 5.95. The van der Waals surface area contributed by atoms with Gasteiger partial charge in [0.05, 0.1) is 11.5 Å². The number of aliphatic hydroxyl groups is 1. The SMILES string of the molecule is CC1(C)[C@H]2CC[C@]3(C)[C@@H](C(=O)C=C4[C@H]5C[C@@](C)(C(=O)O)CC[C@]5(C)CC[C@]43C)[C@@]2(C)CC[C@@H]1O. The van der Waals surface area contributed by atoms with Gasteiger partial charge in [-0.05, 0) is 110 Å². The fraction of sp³-hybridized carbons (Fsp3) is 0.867. The maximum absolute atomic E-state index is 14.2. The molecule has 0 bridgehead atoms. The molecule has 2 N–H and O–H groups in total. The van der Waals surface area contributed by atoms with Gasteiger partial charge in [-0.15, -0.1) is 0 Å². The van der Waals surface area contributed by atoms with Crippen LogP contribution in [0.4, 0.5) is 0 Å². The second-order valence-electron chi connectivity index (χ2n) is 14.9. The minimum absolute atomic E-state index is 0.0296. The van der Waals surface area contributed by atoms with E-state index in [1.165, 1.54) is 5.57 Å². The Balaban J connectivity index is 1.62. The zero-order chi connectivity index (χ0) is 25.1. The van der Waals surface area contributed by atoms with Gasteiger partial charge in [-0.2, -0.15) is 0 Å². The van der Waals surface area contributed by atoms with Crippen LogP contribution >= 0.6 is 0 Å². The van der Waals surface area contributed by atoms with Gasteiger partial charge in [-0.3, -0.25) is 9.59 Å². The third-order valence-corrected chi connectivity index (χ3v) is 13.1. The fourth-order valence-electron chi connectivity index (χ4n) is 10.4. The number of carboxylic acid groups (broad SMARTS) is 1. The van der Waals surface area contributed by atoms with Crippen LogP contribution in [0.2, 0.25) is 0 Å². The van der Waals surface area contributed by atoms with Gasteiger partial charge < -0.3 is 10.2 Å². The predicted molar refractivity (Wildman–Crippen MR) is 133 cm³/mol. The van der Waals surface area contributed by atoms with Crippen LogP contribution in [0, 0.1) is 50.2 Å². The second-order valence-corrected chi connectivity index (χ2v) is 14.9. The number of ketones is 1. The number of carbonyl (C=O) groups excluding carboxylic acids is 1. The molecule has 0 radical (unpaired) electrons. The van der Waals surface area contributed by atoms with Crippen LogP contribution in [0.1, 0.15) is 106 Å². The van der Waals surface area contributed by atoms with Crippen molar-refractivity contribution >= 4 is 11.8 Å². The van der Waals surface area contributed by atoms with Crippen molar-refractivity contribution in [2.75, 3.05) is 0 Å². The van der Waals surface area contributed by atoms with Crippen LogP contribution in [0.15, 0.2) is 11.6 Å². The van der Waals surface area contributed by atoms with Crippen molar-refractivity contribution in [2.45, 2.75) is 112 Å². The Bertz CT molecular complexity index is 965. The smallest absolute Gasteiger partial charge is 0.309 e. The molecule has 0 aromatic carbocycles. The average Bonchev–Trinajstić information content (AvgIpc) is 2.73. The minimum atomic E-state index is -0.711. The molecule has 5 aliphatic carbocycles. The van der Waals surface area contributed by atoms with Crippen LogP contribution in [-0.2, 0) is 9.59 Å². The van der Waals surface area contributed by atoms with E-state index in [-0.39, 0.29) is 50.8 Å². The zero-order valence-corrected chi connectivity index (χ0v) is 22.5. The summed E-state index contributed by atoms with van der Waals surface area (Å²) >= 11 is 0. The quantitative estimate of drug-likeness (QED) is 0.464. The average molecular weight is 471 g/mol. The van der Waals surface area contributed by atoms with Gasteiger partial charge in [-0.25, -0.2) is 0 Å². The summed E-state index contributed by atoms with van der Waals surface area (Å²) < 4.78 is 0. The summed E-state index contributed by atoms with van der Waals surface area (Å²) in [6.07, 6.45) is 9.95. The third-order valence-electron chi connectivity index (χ3n) is 13.1. The molecule has 34 heavy (non-hydrogen) atoms. The number of carboxylic acids is 1. The Labute approximate surface area is 206 Å². The van der Waals surface area contributed by atoms with Gasteiger partial charge in [0.2, 0.25) is 0 Å². The number of hydrogen-bond donors (Lipinski definition) is 2. The van der Waals surface area contributed by atoms with E-state index in [9.17, 15) is 19.8 Å². The lowest BCUT2D eigenvalue weighted by molar-refractivity contribution is -0.202. The number of hydrogen-bond acceptors (Lipinski definition) is 3. The summed E-state index contributed by atoms with van der Waals surface area (Å²) in [5.74, 6) is 0.0603. The summed E-state index contributed by atoms with van der Waals surface area (Å²) in [5.41, 5.74) is 0.142. The molecule has 0 heterocycles. The molecule has 4 heteroatoms. The summed E-state index contributed by atoms with van der Waals surface area (Å²) in [5, 5.41) is 20.9. The van der Waals surface area contributed by atoms with Crippen LogP contribution in [0.3, 0.4) is 0 Å². The van der Waals surface area contributed by atoms with Crippen molar-refractivity contribution in [3.63, 3.8) is 0 Å². The van der Waals surface area contributed by atoms with E-state index in [4.69, 9.17) is 0 Å². The first-order valence-corrected chi connectivity index (χ1v) is 13.7. The van der Waals surface area contributed by atoms with E-state index in [0.717, 1.165) is 51.4 Å². The molecule has 0 aromatic heterocycles. The number of carbonyl (C=O) groups is 2. The lowest BCUT2D eigenvalue weighted by Crippen LogP contribution is -2.66.